The summed E-state index contributed by atoms with van der Waals surface area (Å²) in [6.45, 7) is 15.1. The zero-order valence-corrected chi connectivity index (χ0v) is 17.0. The molecule has 1 aliphatic rings. The molecule has 1 aromatic rings. The summed E-state index contributed by atoms with van der Waals surface area (Å²) in [5, 5.41) is 1.24. The standard InChI is InChI=1S/C10H16O2.C7H6Cl2.C3H6/c1-5-8-7(2)6-10(3,4)12-9(8)11;1-5-2-3-6(8)7(9)4-5;1-3-2/h5-6H2,1-4H3;2-4H,1H3;3H,1H2,2H3. The van der Waals surface area contributed by atoms with Gasteiger partial charge in [-0.1, -0.05) is 47.8 Å². The highest BCUT2D eigenvalue weighted by Crippen LogP contribution is 2.30. The molecule has 0 radical (unpaired) electrons. The Kier molecular flexibility index (Phi) is 10.0. The largest absolute Gasteiger partial charge is 0.456 e. The van der Waals surface area contributed by atoms with Crippen molar-refractivity contribution in [3.63, 3.8) is 0 Å². The maximum atomic E-state index is 11.4. The van der Waals surface area contributed by atoms with E-state index in [2.05, 4.69) is 6.58 Å². The van der Waals surface area contributed by atoms with Crippen LogP contribution in [0.3, 0.4) is 0 Å². The van der Waals surface area contributed by atoms with E-state index in [0.29, 0.717) is 10.0 Å². The summed E-state index contributed by atoms with van der Waals surface area (Å²) >= 11 is 11.3. The van der Waals surface area contributed by atoms with Gasteiger partial charge in [0, 0.05) is 12.0 Å². The molecule has 134 valence electrons. The van der Waals surface area contributed by atoms with Crippen molar-refractivity contribution < 1.29 is 9.53 Å². The molecule has 1 aliphatic heterocycles. The Bertz CT molecular complexity index is 602. The summed E-state index contributed by atoms with van der Waals surface area (Å²) < 4.78 is 5.25. The third-order valence-corrected chi connectivity index (χ3v) is 3.99. The van der Waals surface area contributed by atoms with Gasteiger partial charge in [0.25, 0.3) is 0 Å². The zero-order valence-electron chi connectivity index (χ0n) is 15.5. The predicted molar refractivity (Wildman–Crippen MR) is 105 cm³/mol. The van der Waals surface area contributed by atoms with Crippen LogP contribution in [0.4, 0.5) is 0 Å². The van der Waals surface area contributed by atoms with Crippen LogP contribution >= 0.6 is 23.2 Å². The third kappa shape index (κ3) is 8.03. The maximum absolute atomic E-state index is 11.4. The van der Waals surface area contributed by atoms with Crippen molar-refractivity contribution in [1.29, 1.82) is 0 Å². The van der Waals surface area contributed by atoms with Crippen LogP contribution < -0.4 is 0 Å². The topological polar surface area (TPSA) is 26.3 Å². The fraction of sp³-hybridized carbons (Fsp3) is 0.450. The first kappa shape index (κ1) is 22.8. The second kappa shape index (κ2) is 10.6. The van der Waals surface area contributed by atoms with Crippen LogP contribution in [0.5, 0.6) is 0 Å². The first-order chi connectivity index (χ1) is 11.1. The van der Waals surface area contributed by atoms with Gasteiger partial charge in [0.15, 0.2) is 0 Å². The van der Waals surface area contributed by atoms with Gasteiger partial charge in [-0.05, 0) is 58.7 Å². The van der Waals surface area contributed by atoms with Crippen LogP contribution in [0, 0.1) is 6.92 Å². The van der Waals surface area contributed by atoms with E-state index in [1.807, 2.05) is 53.7 Å². The van der Waals surface area contributed by atoms with E-state index in [1.54, 1.807) is 12.1 Å². The van der Waals surface area contributed by atoms with E-state index < -0.39 is 0 Å². The summed E-state index contributed by atoms with van der Waals surface area (Å²) in [7, 11) is 0. The molecule has 0 spiro atoms. The Labute approximate surface area is 156 Å². The number of halogens is 2. The molecular weight excluding hydrogens is 343 g/mol. The van der Waals surface area contributed by atoms with Gasteiger partial charge in [-0.25, -0.2) is 4.79 Å². The molecule has 24 heavy (non-hydrogen) atoms. The third-order valence-electron chi connectivity index (χ3n) is 3.25. The van der Waals surface area contributed by atoms with E-state index in [0.717, 1.165) is 24.0 Å². The van der Waals surface area contributed by atoms with Gasteiger partial charge in [0.1, 0.15) is 5.60 Å². The number of carbonyl (C=O) groups is 1. The van der Waals surface area contributed by atoms with Crippen molar-refractivity contribution in [1.82, 2.24) is 0 Å². The average Bonchev–Trinajstić information content (AvgIpc) is 2.43. The van der Waals surface area contributed by atoms with Crippen LogP contribution in [0.25, 0.3) is 0 Å². The first-order valence-electron chi connectivity index (χ1n) is 7.98. The molecule has 0 saturated carbocycles. The minimum atomic E-state index is -0.306. The molecule has 4 heteroatoms. The monoisotopic (exact) mass is 370 g/mol. The summed E-state index contributed by atoms with van der Waals surface area (Å²) in [4.78, 5) is 11.4. The first-order valence-corrected chi connectivity index (χ1v) is 8.74. The smallest absolute Gasteiger partial charge is 0.334 e. The Morgan fingerprint density at radius 3 is 2.17 bits per heavy atom. The highest BCUT2D eigenvalue weighted by Gasteiger charge is 2.31. The normalized spacial score (nSPS) is 15.4. The van der Waals surface area contributed by atoms with E-state index >= 15 is 0 Å². The van der Waals surface area contributed by atoms with E-state index in [4.69, 9.17) is 27.9 Å². The Hall–Kier alpha value is -1.25. The van der Waals surface area contributed by atoms with Gasteiger partial charge in [0.05, 0.1) is 10.0 Å². The number of benzene rings is 1. The van der Waals surface area contributed by atoms with E-state index in [9.17, 15) is 4.79 Å². The number of hydrogen-bond acceptors (Lipinski definition) is 2. The van der Waals surface area contributed by atoms with Crippen molar-refractivity contribution in [2.45, 2.75) is 60.0 Å². The minimum Gasteiger partial charge on any atom is -0.456 e. The van der Waals surface area contributed by atoms with Gasteiger partial charge < -0.3 is 4.74 Å². The van der Waals surface area contributed by atoms with E-state index in [-0.39, 0.29) is 11.6 Å². The van der Waals surface area contributed by atoms with Crippen molar-refractivity contribution in [2.75, 3.05) is 0 Å². The average molecular weight is 371 g/mol. The highest BCUT2D eigenvalue weighted by atomic mass is 35.5. The number of rotatable bonds is 1. The molecule has 0 bridgehead atoms. The molecule has 1 heterocycles. The van der Waals surface area contributed by atoms with Gasteiger partial charge >= 0.3 is 5.97 Å². The Morgan fingerprint density at radius 1 is 1.25 bits per heavy atom. The lowest BCUT2D eigenvalue weighted by atomic mass is 9.91. The SMILES string of the molecule is C=CC.CCC1=C(C)CC(C)(C)OC1=O.Cc1ccc(Cl)c(Cl)c1. The van der Waals surface area contributed by atoms with Crippen LogP contribution in [0.2, 0.25) is 10.0 Å². The molecule has 0 atom stereocenters. The lowest BCUT2D eigenvalue weighted by Crippen LogP contribution is -2.33. The van der Waals surface area contributed by atoms with Crippen molar-refractivity contribution in [2.24, 2.45) is 0 Å². The molecule has 2 rings (SSSR count). The molecule has 0 aliphatic carbocycles. The second-order valence-corrected chi connectivity index (χ2v) is 7.08. The molecule has 0 unspecified atom stereocenters. The van der Waals surface area contributed by atoms with Crippen LogP contribution in [-0.4, -0.2) is 11.6 Å². The number of cyclic esters (lactones) is 1. The fourth-order valence-corrected chi connectivity index (χ4v) is 2.67. The fourth-order valence-electron chi connectivity index (χ4n) is 2.32. The van der Waals surface area contributed by atoms with Crippen LogP contribution in [0.15, 0.2) is 42.0 Å². The summed E-state index contributed by atoms with van der Waals surface area (Å²) in [5.74, 6) is -0.133. The quantitative estimate of drug-likeness (QED) is 0.395. The van der Waals surface area contributed by atoms with Gasteiger partial charge in [0.2, 0.25) is 0 Å². The van der Waals surface area contributed by atoms with Gasteiger partial charge in [-0.15, -0.1) is 6.58 Å². The van der Waals surface area contributed by atoms with Crippen LogP contribution in [-0.2, 0) is 9.53 Å². The van der Waals surface area contributed by atoms with Gasteiger partial charge in [-0.3, -0.25) is 0 Å². The van der Waals surface area contributed by atoms with Crippen molar-refractivity contribution in [3.8, 4) is 0 Å². The molecule has 0 N–H and O–H groups in total. The number of aryl methyl sites for hydroxylation is 1. The molecular formula is C20H28Cl2O2. The molecule has 0 amide bonds. The Balaban J connectivity index is 0.000000390. The Morgan fingerprint density at radius 2 is 1.79 bits per heavy atom. The zero-order chi connectivity index (χ0) is 18.9. The molecule has 0 fully saturated rings. The number of carbonyl (C=O) groups excluding carboxylic acids is 1. The number of ether oxygens (including phenoxy) is 1. The molecule has 2 nitrogen and oxygen atoms in total. The van der Waals surface area contributed by atoms with Crippen molar-refractivity contribution in [3.05, 3.63) is 57.6 Å². The molecule has 0 saturated heterocycles. The second-order valence-electron chi connectivity index (χ2n) is 6.26. The van der Waals surface area contributed by atoms with Crippen LogP contribution in [0.1, 0.15) is 53.0 Å². The number of esters is 1. The minimum absolute atomic E-state index is 0.133. The summed E-state index contributed by atoms with van der Waals surface area (Å²) in [5.41, 5.74) is 2.86. The van der Waals surface area contributed by atoms with Gasteiger partial charge in [-0.2, -0.15) is 0 Å². The maximum Gasteiger partial charge on any atom is 0.334 e. The lowest BCUT2D eigenvalue weighted by Gasteiger charge is -2.31. The molecule has 0 aromatic heterocycles. The lowest BCUT2D eigenvalue weighted by molar-refractivity contribution is -0.153. The highest BCUT2D eigenvalue weighted by molar-refractivity contribution is 6.41. The summed E-state index contributed by atoms with van der Waals surface area (Å²) in [6.07, 6.45) is 3.39. The predicted octanol–water partition coefficient (Wildman–Crippen LogP) is 6.93. The number of allylic oxidation sites excluding steroid dienone is 1. The summed E-state index contributed by atoms with van der Waals surface area (Å²) in [6, 6.07) is 5.55. The van der Waals surface area contributed by atoms with Crippen molar-refractivity contribution >= 4 is 29.2 Å². The number of hydrogen-bond donors (Lipinski definition) is 0. The van der Waals surface area contributed by atoms with E-state index in [1.165, 1.54) is 5.57 Å². The molecule has 1 aromatic carbocycles.